The highest BCUT2D eigenvalue weighted by atomic mass is 16.6. The van der Waals surface area contributed by atoms with Crippen LogP contribution >= 0.6 is 0 Å². The summed E-state index contributed by atoms with van der Waals surface area (Å²) in [4.78, 5) is 18.4. The molecule has 0 aromatic carbocycles. The standard InChI is InChI=1S/C11H19N5O3/c1-3-12-10-9(16(17)18)11(15-8-14-10)13-6-5-7-19-4-2/h8H,3-7H2,1-2H3,(H2,12,13,14,15). The van der Waals surface area contributed by atoms with Crippen molar-refractivity contribution in [3.05, 3.63) is 16.4 Å². The van der Waals surface area contributed by atoms with Crippen LogP contribution in [-0.2, 0) is 4.74 Å². The largest absolute Gasteiger partial charge is 0.382 e. The van der Waals surface area contributed by atoms with Crippen molar-refractivity contribution >= 4 is 17.3 Å². The van der Waals surface area contributed by atoms with Crippen LogP contribution in [0.4, 0.5) is 17.3 Å². The highest BCUT2D eigenvalue weighted by Crippen LogP contribution is 2.28. The van der Waals surface area contributed by atoms with Gasteiger partial charge in [0.2, 0.25) is 11.6 Å². The molecular weight excluding hydrogens is 250 g/mol. The quantitative estimate of drug-likeness (QED) is 0.399. The molecule has 106 valence electrons. The third-order valence-electron chi connectivity index (χ3n) is 2.31. The Hall–Kier alpha value is -1.96. The molecule has 0 atom stereocenters. The lowest BCUT2D eigenvalue weighted by molar-refractivity contribution is -0.383. The summed E-state index contributed by atoms with van der Waals surface area (Å²) in [5, 5.41) is 16.9. The first-order valence-corrected chi connectivity index (χ1v) is 6.25. The van der Waals surface area contributed by atoms with E-state index in [0.29, 0.717) is 26.3 Å². The summed E-state index contributed by atoms with van der Waals surface area (Å²) in [5.74, 6) is 0.460. The highest BCUT2D eigenvalue weighted by molar-refractivity contribution is 5.69. The summed E-state index contributed by atoms with van der Waals surface area (Å²) < 4.78 is 5.19. The van der Waals surface area contributed by atoms with E-state index in [2.05, 4.69) is 20.6 Å². The maximum atomic E-state index is 11.1. The molecule has 1 aromatic rings. The number of hydrogen-bond donors (Lipinski definition) is 2. The van der Waals surface area contributed by atoms with E-state index in [0.717, 1.165) is 6.42 Å². The lowest BCUT2D eigenvalue weighted by atomic mass is 10.4. The van der Waals surface area contributed by atoms with Crippen molar-refractivity contribution in [2.75, 3.05) is 36.9 Å². The SMILES string of the molecule is CCNc1ncnc(NCCCOCC)c1[N+](=O)[O-]. The maximum Gasteiger partial charge on any atom is 0.353 e. The third-order valence-corrected chi connectivity index (χ3v) is 2.31. The monoisotopic (exact) mass is 269 g/mol. The van der Waals surface area contributed by atoms with Crippen LogP contribution in [0.3, 0.4) is 0 Å². The highest BCUT2D eigenvalue weighted by Gasteiger charge is 2.21. The van der Waals surface area contributed by atoms with Crippen LogP contribution in [-0.4, -0.2) is 41.2 Å². The van der Waals surface area contributed by atoms with Gasteiger partial charge in [-0.05, 0) is 20.3 Å². The summed E-state index contributed by atoms with van der Waals surface area (Å²) in [6, 6.07) is 0. The van der Waals surface area contributed by atoms with Gasteiger partial charge in [-0.3, -0.25) is 10.1 Å². The van der Waals surface area contributed by atoms with Gasteiger partial charge in [0.15, 0.2) is 0 Å². The van der Waals surface area contributed by atoms with Gasteiger partial charge in [0.25, 0.3) is 0 Å². The lowest BCUT2D eigenvalue weighted by Crippen LogP contribution is -2.11. The molecule has 0 aliphatic rings. The molecule has 8 heteroatoms. The average Bonchev–Trinajstić information content (AvgIpc) is 2.38. The first kappa shape index (κ1) is 15.1. The zero-order chi connectivity index (χ0) is 14.1. The molecule has 0 saturated heterocycles. The summed E-state index contributed by atoms with van der Waals surface area (Å²) in [7, 11) is 0. The van der Waals surface area contributed by atoms with Gasteiger partial charge < -0.3 is 15.4 Å². The van der Waals surface area contributed by atoms with Crippen LogP contribution < -0.4 is 10.6 Å². The third kappa shape index (κ3) is 4.66. The summed E-state index contributed by atoms with van der Waals surface area (Å²) in [6.45, 7) is 6.16. The van der Waals surface area contributed by atoms with Gasteiger partial charge in [-0.15, -0.1) is 0 Å². The van der Waals surface area contributed by atoms with Crippen molar-refractivity contribution in [3.8, 4) is 0 Å². The first-order chi connectivity index (χ1) is 9.20. The van der Waals surface area contributed by atoms with Gasteiger partial charge in [-0.1, -0.05) is 0 Å². The number of ether oxygens (including phenoxy) is 1. The summed E-state index contributed by atoms with van der Waals surface area (Å²) in [5.41, 5.74) is -0.124. The summed E-state index contributed by atoms with van der Waals surface area (Å²) in [6.07, 6.45) is 2.06. The summed E-state index contributed by atoms with van der Waals surface area (Å²) >= 11 is 0. The van der Waals surface area contributed by atoms with Gasteiger partial charge in [0, 0.05) is 26.3 Å². The fourth-order valence-electron chi connectivity index (χ4n) is 1.50. The molecule has 0 radical (unpaired) electrons. The van der Waals surface area contributed by atoms with Crippen LogP contribution in [0, 0.1) is 10.1 Å². The Balaban J connectivity index is 2.70. The minimum Gasteiger partial charge on any atom is -0.382 e. The Morgan fingerprint density at radius 3 is 2.58 bits per heavy atom. The lowest BCUT2D eigenvalue weighted by Gasteiger charge is -2.08. The first-order valence-electron chi connectivity index (χ1n) is 6.25. The van der Waals surface area contributed by atoms with E-state index >= 15 is 0 Å². The molecule has 0 spiro atoms. The van der Waals surface area contributed by atoms with E-state index in [1.165, 1.54) is 6.33 Å². The Bertz CT molecular complexity index is 413. The van der Waals surface area contributed by atoms with Crippen LogP contribution in [0.5, 0.6) is 0 Å². The number of hydrogen-bond acceptors (Lipinski definition) is 7. The molecule has 0 amide bonds. The number of anilines is 2. The van der Waals surface area contributed by atoms with E-state index in [9.17, 15) is 10.1 Å². The topological polar surface area (TPSA) is 102 Å². The zero-order valence-electron chi connectivity index (χ0n) is 11.2. The van der Waals surface area contributed by atoms with Crippen molar-refractivity contribution < 1.29 is 9.66 Å². The Kier molecular flexibility index (Phi) is 6.51. The van der Waals surface area contributed by atoms with E-state index in [1.54, 1.807) is 0 Å². The molecule has 19 heavy (non-hydrogen) atoms. The number of rotatable bonds is 9. The fraction of sp³-hybridized carbons (Fsp3) is 0.636. The minimum atomic E-state index is -0.483. The molecule has 0 aliphatic carbocycles. The Labute approximate surface area is 111 Å². The molecule has 0 unspecified atom stereocenters. The number of nitro groups is 1. The molecule has 1 aromatic heterocycles. The molecule has 1 rings (SSSR count). The smallest absolute Gasteiger partial charge is 0.353 e. The normalized spacial score (nSPS) is 10.2. The average molecular weight is 269 g/mol. The van der Waals surface area contributed by atoms with Crippen molar-refractivity contribution in [2.24, 2.45) is 0 Å². The second-order valence-corrected chi connectivity index (χ2v) is 3.68. The van der Waals surface area contributed by atoms with Crippen LogP contribution in [0.1, 0.15) is 20.3 Å². The Morgan fingerprint density at radius 1 is 1.32 bits per heavy atom. The van der Waals surface area contributed by atoms with E-state index in [4.69, 9.17) is 4.74 Å². The predicted molar refractivity (Wildman–Crippen MR) is 72.4 cm³/mol. The number of aromatic nitrogens is 2. The fourth-order valence-corrected chi connectivity index (χ4v) is 1.50. The zero-order valence-corrected chi connectivity index (χ0v) is 11.2. The van der Waals surface area contributed by atoms with E-state index < -0.39 is 4.92 Å². The number of nitrogens with zero attached hydrogens (tertiary/aromatic N) is 3. The van der Waals surface area contributed by atoms with Crippen molar-refractivity contribution in [1.82, 2.24) is 9.97 Å². The van der Waals surface area contributed by atoms with Gasteiger partial charge in [0.05, 0.1) is 4.92 Å². The second-order valence-electron chi connectivity index (χ2n) is 3.68. The van der Waals surface area contributed by atoms with E-state index in [1.807, 2.05) is 13.8 Å². The molecule has 0 aliphatic heterocycles. The van der Waals surface area contributed by atoms with Crippen LogP contribution in [0.2, 0.25) is 0 Å². The van der Waals surface area contributed by atoms with Crippen LogP contribution in [0.15, 0.2) is 6.33 Å². The molecular formula is C11H19N5O3. The molecule has 0 fully saturated rings. The van der Waals surface area contributed by atoms with Gasteiger partial charge >= 0.3 is 5.69 Å². The van der Waals surface area contributed by atoms with Gasteiger partial charge in [-0.2, -0.15) is 0 Å². The van der Waals surface area contributed by atoms with E-state index in [-0.39, 0.29) is 17.3 Å². The maximum absolute atomic E-state index is 11.1. The molecule has 0 bridgehead atoms. The van der Waals surface area contributed by atoms with Crippen molar-refractivity contribution in [2.45, 2.75) is 20.3 Å². The second kappa shape index (κ2) is 8.20. The molecule has 2 N–H and O–H groups in total. The Morgan fingerprint density at radius 2 is 2.00 bits per heavy atom. The van der Waals surface area contributed by atoms with Crippen LogP contribution in [0.25, 0.3) is 0 Å². The van der Waals surface area contributed by atoms with Gasteiger partial charge in [-0.25, -0.2) is 9.97 Å². The van der Waals surface area contributed by atoms with Gasteiger partial charge in [0.1, 0.15) is 6.33 Å². The molecule has 8 nitrogen and oxygen atoms in total. The number of nitrogens with one attached hydrogen (secondary N) is 2. The van der Waals surface area contributed by atoms with Crippen molar-refractivity contribution in [3.63, 3.8) is 0 Å². The van der Waals surface area contributed by atoms with Crippen molar-refractivity contribution in [1.29, 1.82) is 0 Å². The predicted octanol–water partition coefficient (Wildman–Crippen LogP) is 1.66. The molecule has 1 heterocycles. The molecule has 0 saturated carbocycles. The minimum absolute atomic E-state index is 0.124.